The van der Waals surface area contributed by atoms with Gasteiger partial charge in [0.25, 0.3) is 5.24 Å². The van der Waals surface area contributed by atoms with Crippen LogP contribution in [0.4, 0.5) is 4.79 Å². The number of nitrogens with zero attached hydrogens (tertiary/aromatic N) is 1. The molecular weight excluding hydrogens is 250 g/mol. The minimum atomic E-state index is -0.305. The Morgan fingerprint density at radius 3 is 2.88 bits per heavy atom. The normalized spacial score (nSPS) is 25.6. The third-order valence-corrected chi connectivity index (χ3v) is 3.50. The fourth-order valence-corrected chi connectivity index (χ4v) is 2.57. The Kier molecular flexibility index (Phi) is 5.37. The van der Waals surface area contributed by atoms with Gasteiger partial charge in [-0.3, -0.25) is 9.59 Å². The van der Waals surface area contributed by atoms with E-state index in [1.54, 1.807) is 0 Å². The highest BCUT2D eigenvalue weighted by Crippen LogP contribution is 2.15. The van der Waals surface area contributed by atoms with Crippen molar-refractivity contribution in [1.82, 2.24) is 15.5 Å². The van der Waals surface area contributed by atoms with Crippen molar-refractivity contribution in [3.8, 4) is 0 Å². The van der Waals surface area contributed by atoms with E-state index < -0.39 is 0 Å². The molecule has 0 aromatic heterocycles. The van der Waals surface area contributed by atoms with E-state index in [1.807, 2.05) is 4.90 Å². The number of thioether (sulfide) groups is 1. The van der Waals surface area contributed by atoms with Gasteiger partial charge in [-0.2, -0.15) is 0 Å². The lowest BCUT2D eigenvalue weighted by molar-refractivity contribution is -0.132. The number of nitrogens with one attached hydrogen (secondary N) is 2. The SMILES string of the molecule is Cl.O=C1N[C@H](C(=O)N2CCCNCC2)CS1. The van der Waals surface area contributed by atoms with Gasteiger partial charge in [-0.05, 0) is 13.0 Å². The molecule has 1 atom stereocenters. The molecule has 2 saturated heterocycles. The van der Waals surface area contributed by atoms with Crippen LogP contribution in [0.15, 0.2) is 0 Å². The first-order chi connectivity index (χ1) is 7.27. The van der Waals surface area contributed by atoms with Crippen LogP contribution < -0.4 is 10.6 Å². The number of hydrogen-bond acceptors (Lipinski definition) is 4. The summed E-state index contributed by atoms with van der Waals surface area (Å²) in [5.41, 5.74) is 0. The lowest BCUT2D eigenvalue weighted by Gasteiger charge is -2.22. The smallest absolute Gasteiger partial charge is 0.279 e. The Balaban J connectivity index is 0.00000128. The fourth-order valence-electron chi connectivity index (χ4n) is 1.80. The van der Waals surface area contributed by atoms with Crippen LogP contribution in [0.1, 0.15) is 6.42 Å². The second kappa shape index (κ2) is 6.32. The summed E-state index contributed by atoms with van der Waals surface area (Å²) >= 11 is 1.19. The van der Waals surface area contributed by atoms with Gasteiger partial charge in [0.05, 0.1) is 0 Å². The molecule has 0 bridgehead atoms. The minimum absolute atomic E-state index is 0. The highest BCUT2D eigenvalue weighted by Gasteiger charge is 2.31. The molecule has 0 radical (unpaired) electrons. The molecule has 2 N–H and O–H groups in total. The Hall–Kier alpha value is -0.460. The molecule has 5 nitrogen and oxygen atoms in total. The second-order valence-corrected chi connectivity index (χ2v) is 4.72. The quantitative estimate of drug-likeness (QED) is 0.704. The van der Waals surface area contributed by atoms with Crippen molar-refractivity contribution in [2.75, 3.05) is 31.9 Å². The van der Waals surface area contributed by atoms with Gasteiger partial charge in [-0.1, -0.05) is 11.8 Å². The lowest BCUT2D eigenvalue weighted by atomic mass is 10.2. The zero-order valence-corrected chi connectivity index (χ0v) is 10.5. The Bertz CT molecular complexity index is 269. The third-order valence-electron chi connectivity index (χ3n) is 2.62. The van der Waals surface area contributed by atoms with E-state index in [1.165, 1.54) is 11.8 Å². The summed E-state index contributed by atoms with van der Waals surface area (Å²) in [5.74, 6) is 0.638. The van der Waals surface area contributed by atoms with Crippen LogP contribution in [0.5, 0.6) is 0 Å². The first-order valence-corrected chi connectivity index (χ1v) is 6.19. The van der Waals surface area contributed by atoms with E-state index in [2.05, 4.69) is 10.6 Å². The van der Waals surface area contributed by atoms with Crippen molar-refractivity contribution in [3.05, 3.63) is 0 Å². The molecule has 0 unspecified atom stereocenters. The summed E-state index contributed by atoms with van der Waals surface area (Å²) in [4.78, 5) is 24.8. The Morgan fingerprint density at radius 1 is 1.38 bits per heavy atom. The third kappa shape index (κ3) is 3.26. The van der Waals surface area contributed by atoms with Crippen molar-refractivity contribution >= 4 is 35.3 Å². The molecule has 0 aromatic rings. The monoisotopic (exact) mass is 265 g/mol. The highest BCUT2D eigenvalue weighted by molar-refractivity contribution is 8.14. The predicted octanol–water partition coefficient (Wildman–Crippen LogP) is 0.0551. The average Bonchev–Trinajstić information content (AvgIpc) is 2.53. The van der Waals surface area contributed by atoms with Gasteiger partial charge in [0.1, 0.15) is 6.04 Å². The summed E-state index contributed by atoms with van der Waals surface area (Å²) in [6.07, 6.45) is 0.986. The first kappa shape index (κ1) is 13.6. The largest absolute Gasteiger partial charge is 0.340 e. The van der Waals surface area contributed by atoms with E-state index >= 15 is 0 Å². The summed E-state index contributed by atoms with van der Waals surface area (Å²) in [6, 6.07) is -0.305. The van der Waals surface area contributed by atoms with Crippen LogP contribution in [0, 0.1) is 0 Å². The zero-order valence-electron chi connectivity index (χ0n) is 8.90. The zero-order chi connectivity index (χ0) is 10.7. The summed E-state index contributed by atoms with van der Waals surface area (Å²) < 4.78 is 0. The fraction of sp³-hybridized carbons (Fsp3) is 0.778. The van der Waals surface area contributed by atoms with Crippen LogP contribution in [0.3, 0.4) is 0 Å². The van der Waals surface area contributed by atoms with Crippen molar-refractivity contribution < 1.29 is 9.59 Å². The molecule has 0 spiro atoms. The Labute approximate surface area is 105 Å². The van der Waals surface area contributed by atoms with E-state index in [4.69, 9.17) is 0 Å². The number of halogens is 1. The van der Waals surface area contributed by atoms with Gasteiger partial charge in [-0.25, -0.2) is 0 Å². The highest BCUT2D eigenvalue weighted by atomic mass is 35.5. The summed E-state index contributed by atoms with van der Waals surface area (Å²) in [6.45, 7) is 3.36. The maximum absolute atomic E-state index is 12.0. The summed E-state index contributed by atoms with van der Waals surface area (Å²) in [5, 5.41) is 5.85. The number of hydrogen-bond donors (Lipinski definition) is 2. The molecule has 2 fully saturated rings. The molecule has 0 aliphatic carbocycles. The van der Waals surface area contributed by atoms with Gasteiger partial charge in [0.15, 0.2) is 0 Å². The maximum Gasteiger partial charge on any atom is 0.279 e. The minimum Gasteiger partial charge on any atom is -0.340 e. The Morgan fingerprint density at radius 2 is 2.19 bits per heavy atom. The van der Waals surface area contributed by atoms with E-state index in [0.717, 1.165) is 32.6 Å². The van der Waals surface area contributed by atoms with E-state index in [9.17, 15) is 9.59 Å². The van der Waals surface area contributed by atoms with Crippen molar-refractivity contribution in [2.24, 2.45) is 0 Å². The van der Waals surface area contributed by atoms with Crippen LogP contribution >= 0.6 is 24.2 Å². The van der Waals surface area contributed by atoms with E-state index in [-0.39, 0.29) is 29.6 Å². The van der Waals surface area contributed by atoms with Crippen LogP contribution in [-0.4, -0.2) is 54.0 Å². The van der Waals surface area contributed by atoms with Crippen LogP contribution in [0.2, 0.25) is 0 Å². The second-order valence-electron chi connectivity index (χ2n) is 3.72. The molecule has 2 aliphatic heterocycles. The predicted molar refractivity (Wildman–Crippen MR) is 66.1 cm³/mol. The van der Waals surface area contributed by atoms with Crippen molar-refractivity contribution in [1.29, 1.82) is 0 Å². The van der Waals surface area contributed by atoms with Gasteiger partial charge in [0, 0.05) is 25.4 Å². The molecule has 7 heteroatoms. The molecule has 2 amide bonds. The number of rotatable bonds is 1. The molecule has 0 saturated carbocycles. The molecular formula is C9H16ClN3O2S. The van der Waals surface area contributed by atoms with Gasteiger partial charge < -0.3 is 15.5 Å². The topological polar surface area (TPSA) is 61.4 Å². The van der Waals surface area contributed by atoms with Crippen molar-refractivity contribution in [3.63, 3.8) is 0 Å². The number of amides is 2. The molecule has 92 valence electrons. The lowest BCUT2D eigenvalue weighted by Crippen LogP contribution is -2.46. The standard InChI is InChI=1S/C9H15N3O2S.ClH/c13-8(7-6-15-9(14)11-7)12-4-1-2-10-3-5-12;/h7,10H,1-6H2,(H,11,14);1H/t7-;/m0./s1. The van der Waals surface area contributed by atoms with Crippen LogP contribution in [0.25, 0.3) is 0 Å². The van der Waals surface area contributed by atoms with E-state index in [0.29, 0.717) is 5.75 Å². The summed E-state index contributed by atoms with van der Waals surface area (Å²) in [7, 11) is 0. The molecule has 2 aliphatic rings. The molecule has 2 heterocycles. The number of carbonyl (C=O) groups is 2. The number of carbonyl (C=O) groups excluding carboxylic acids is 2. The average molecular weight is 266 g/mol. The molecule has 0 aromatic carbocycles. The first-order valence-electron chi connectivity index (χ1n) is 5.20. The van der Waals surface area contributed by atoms with Gasteiger partial charge >= 0.3 is 0 Å². The van der Waals surface area contributed by atoms with Crippen molar-refractivity contribution in [2.45, 2.75) is 12.5 Å². The van der Waals surface area contributed by atoms with Gasteiger partial charge in [0.2, 0.25) is 5.91 Å². The van der Waals surface area contributed by atoms with Crippen LogP contribution in [-0.2, 0) is 4.79 Å². The maximum atomic E-state index is 12.0. The molecule has 16 heavy (non-hydrogen) atoms. The van der Waals surface area contributed by atoms with Gasteiger partial charge in [-0.15, -0.1) is 12.4 Å². The molecule has 2 rings (SSSR count).